The molecule has 1 heterocycles. The Hall–Kier alpha value is -0.830. The van der Waals surface area contributed by atoms with Gasteiger partial charge in [0, 0.05) is 17.8 Å². The van der Waals surface area contributed by atoms with Gasteiger partial charge in [0.2, 0.25) is 0 Å². The third-order valence-corrected chi connectivity index (χ3v) is 2.91. The smallest absolute Gasteiger partial charge is 0.0718 e. The van der Waals surface area contributed by atoms with Gasteiger partial charge in [0.05, 0.1) is 12.3 Å². The average Bonchev–Trinajstić information content (AvgIpc) is 2.49. The van der Waals surface area contributed by atoms with Crippen molar-refractivity contribution in [2.75, 3.05) is 0 Å². The number of unbranched alkanes of at least 4 members (excludes halogenated alkanes) is 3. The van der Waals surface area contributed by atoms with Crippen molar-refractivity contribution in [1.82, 2.24) is 9.78 Å². The molecular weight excluding hydrogens is 188 g/mol. The van der Waals surface area contributed by atoms with Crippen LogP contribution in [-0.2, 0) is 13.2 Å². The summed E-state index contributed by atoms with van der Waals surface area (Å²) in [5.41, 5.74) is 3.07. The molecule has 0 radical (unpaired) electrons. The van der Waals surface area contributed by atoms with Gasteiger partial charge in [0.25, 0.3) is 0 Å². The fraction of sp³-hybridized carbons (Fsp3) is 0.750. The summed E-state index contributed by atoms with van der Waals surface area (Å²) in [6, 6.07) is 0. The topological polar surface area (TPSA) is 38.0 Å². The predicted octanol–water partition coefficient (Wildman–Crippen LogP) is 2.57. The number of aliphatic hydroxyl groups excluding tert-OH is 1. The Kier molecular flexibility index (Phi) is 4.82. The van der Waals surface area contributed by atoms with Crippen LogP contribution in [0.15, 0.2) is 0 Å². The van der Waals surface area contributed by atoms with Crippen molar-refractivity contribution in [2.24, 2.45) is 0 Å². The van der Waals surface area contributed by atoms with Crippen molar-refractivity contribution in [1.29, 1.82) is 0 Å². The van der Waals surface area contributed by atoms with Crippen LogP contribution < -0.4 is 0 Å². The van der Waals surface area contributed by atoms with Gasteiger partial charge in [0.15, 0.2) is 0 Å². The van der Waals surface area contributed by atoms with Crippen molar-refractivity contribution in [2.45, 2.75) is 59.6 Å². The molecule has 0 aliphatic rings. The minimum atomic E-state index is 0.104. The number of aryl methyl sites for hydroxylation is 2. The summed E-state index contributed by atoms with van der Waals surface area (Å²) in [6.45, 7) is 7.29. The summed E-state index contributed by atoms with van der Waals surface area (Å²) in [5.74, 6) is 0. The molecule has 15 heavy (non-hydrogen) atoms. The Bertz CT molecular complexity index is 305. The summed E-state index contributed by atoms with van der Waals surface area (Å²) >= 11 is 0. The van der Waals surface area contributed by atoms with E-state index in [1.807, 2.05) is 18.5 Å². The van der Waals surface area contributed by atoms with Crippen LogP contribution in [0, 0.1) is 13.8 Å². The van der Waals surface area contributed by atoms with Gasteiger partial charge in [-0.2, -0.15) is 5.10 Å². The van der Waals surface area contributed by atoms with Crippen molar-refractivity contribution in [3.8, 4) is 0 Å². The van der Waals surface area contributed by atoms with Gasteiger partial charge in [-0.3, -0.25) is 4.68 Å². The summed E-state index contributed by atoms with van der Waals surface area (Å²) in [7, 11) is 0. The van der Waals surface area contributed by atoms with E-state index in [2.05, 4.69) is 12.0 Å². The molecule has 1 aromatic heterocycles. The maximum Gasteiger partial charge on any atom is 0.0718 e. The molecule has 0 bridgehead atoms. The van der Waals surface area contributed by atoms with E-state index in [-0.39, 0.29) is 6.61 Å². The number of hydrogen-bond donors (Lipinski definition) is 1. The maximum atomic E-state index is 9.17. The molecule has 0 spiro atoms. The zero-order valence-corrected chi connectivity index (χ0v) is 10.1. The van der Waals surface area contributed by atoms with Crippen LogP contribution in [0.1, 0.15) is 49.6 Å². The van der Waals surface area contributed by atoms with E-state index < -0.39 is 0 Å². The van der Waals surface area contributed by atoms with Crippen molar-refractivity contribution in [3.63, 3.8) is 0 Å². The summed E-state index contributed by atoms with van der Waals surface area (Å²) < 4.78 is 2.02. The van der Waals surface area contributed by atoms with Crippen LogP contribution in [0.5, 0.6) is 0 Å². The SMILES string of the molecule is CCCCCCn1nc(C)c(CO)c1C. The molecule has 0 saturated carbocycles. The molecule has 1 N–H and O–H groups in total. The molecule has 1 rings (SSSR count). The minimum Gasteiger partial charge on any atom is -0.392 e. The first-order valence-corrected chi connectivity index (χ1v) is 5.84. The van der Waals surface area contributed by atoms with Gasteiger partial charge in [-0.15, -0.1) is 0 Å². The Morgan fingerprint density at radius 1 is 1.20 bits per heavy atom. The Morgan fingerprint density at radius 2 is 1.93 bits per heavy atom. The Balaban J connectivity index is 2.54. The second-order valence-corrected chi connectivity index (χ2v) is 4.09. The molecule has 0 aliphatic carbocycles. The summed E-state index contributed by atoms with van der Waals surface area (Å²) in [6.07, 6.45) is 5.01. The quantitative estimate of drug-likeness (QED) is 0.733. The number of hydrogen-bond acceptors (Lipinski definition) is 2. The van der Waals surface area contributed by atoms with Crippen molar-refractivity contribution < 1.29 is 5.11 Å². The second-order valence-electron chi connectivity index (χ2n) is 4.09. The lowest BCUT2D eigenvalue weighted by atomic mass is 10.2. The highest BCUT2D eigenvalue weighted by atomic mass is 16.3. The molecule has 0 amide bonds. The van der Waals surface area contributed by atoms with Crippen LogP contribution in [0.3, 0.4) is 0 Å². The average molecular weight is 210 g/mol. The first-order valence-electron chi connectivity index (χ1n) is 5.84. The Labute approximate surface area is 92.1 Å². The molecule has 0 saturated heterocycles. The zero-order valence-electron chi connectivity index (χ0n) is 10.1. The largest absolute Gasteiger partial charge is 0.392 e. The highest BCUT2D eigenvalue weighted by molar-refractivity contribution is 5.23. The van der Waals surface area contributed by atoms with Gasteiger partial charge in [-0.25, -0.2) is 0 Å². The standard InChI is InChI=1S/C12H22N2O/c1-4-5-6-7-8-14-11(3)12(9-15)10(2)13-14/h15H,4-9H2,1-3H3. The fourth-order valence-corrected chi connectivity index (χ4v) is 1.87. The molecule has 3 heteroatoms. The fourth-order valence-electron chi connectivity index (χ4n) is 1.87. The van der Waals surface area contributed by atoms with Crippen molar-refractivity contribution in [3.05, 3.63) is 17.0 Å². The maximum absolute atomic E-state index is 9.17. The number of nitrogens with zero attached hydrogens (tertiary/aromatic N) is 2. The van der Waals surface area contributed by atoms with E-state index in [1.54, 1.807) is 0 Å². The van der Waals surface area contributed by atoms with E-state index in [0.29, 0.717) is 0 Å². The van der Waals surface area contributed by atoms with E-state index in [0.717, 1.165) is 23.5 Å². The molecule has 0 aliphatic heterocycles. The van der Waals surface area contributed by atoms with Gasteiger partial charge in [0.1, 0.15) is 0 Å². The first kappa shape index (κ1) is 12.2. The van der Waals surface area contributed by atoms with Gasteiger partial charge in [-0.1, -0.05) is 26.2 Å². The van der Waals surface area contributed by atoms with Gasteiger partial charge < -0.3 is 5.11 Å². The molecule has 0 atom stereocenters. The monoisotopic (exact) mass is 210 g/mol. The second kappa shape index (κ2) is 5.91. The lowest BCUT2D eigenvalue weighted by Crippen LogP contribution is -2.03. The molecule has 1 aromatic rings. The summed E-state index contributed by atoms with van der Waals surface area (Å²) in [4.78, 5) is 0. The number of aromatic nitrogens is 2. The van der Waals surface area contributed by atoms with Crippen molar-refractivity contribution >= 4 is 0 Å². The highest BCUT2D eigenvalue weighted by Crippen LogP contribution is 2.13. The van der Waals surface area contributed by atoms with E-state index >= 15 is 0 Å². The van der Waals surface area contributed by atoms with E-state index in [4.69, 9.17) is 5.11 Å². The van der Waals surface area contributed by atoms with E-state index in [1.165, 1.54) is 25.7 Å². The third-order valence-electron chi connectivity index (χ3n) is 2.91. The lowest BCUT2D eigenvalue weighted by Gasteiger charge is -2.04. The first-order chi connectivity index (χ1) is 7.20. The molecule has 0 fully saturated rings. The number of aliphatic hydroxyl groups is 1. The molecular formula is C12H22N2O. The molecule has 3 nitrogen and oxygen atoms in total. The Morgan fingerprint density at radius 3 is 2.47 bits per heavy atom. The highest BCUT2D eigenvalue weighted by Gasteiger charge is 2.09. The molecule has 86 valence electrons. The van der Waals surface area contributed by atoms with Crippen LogP contribution in [0.25, 0.3) is 0 Å². The minimum absolute atomic E-state index is 0.104. The van der Waals surface area contributed by atoms with Gasteiger partial charge in [-0.05, 0) is 20.3 Å². The van der Waals surface area contributed by atoms with Crippen LogP contribution in [0.4, 0.5) is 0 Å². The molecule has 0 aromatic carbocycles. The summed E-state index contributed by atoms with van der Waals surface area (Å²) in [5, 5.41) is 13.6. The zero-order chi connectivity index (χ0) is 11.3. The van der Waals surface area contributed by atoms with Crippen LogP contribution in [0.2, 0.25) is 0 Å². The normalized spacial score (nSPS) is 10.9. The van der Waals surface area contributed by atoms with Crippen LogP contribution in [-0.4, -0.2) is 14.9 Å². The number of rotatable bonds is 6. The van der Waals surface area contributed by atoms with Crippen LogP contribution >= 0.6 is 0 Å². The lowest BCUT2D eigenvalue weighted by molar-refractivity contribution is 0.280. The van der Waals surface area contributed by atoms with Gasteiger partial charge >= 0.3 is 0 Å². The predicted molar refractivity (Wildman–Crippen MR) is 61.8 cm³/mol. The molecule has 0 unspecified atom stereocenters. The van der Waals surface area contributed by atoms with E-state index in [9.17, 15) is 0 Å². The third kappa shape index (κ3) is 3.06.